The van der Waals surface area contributed by atoms with E-state index in [0.717, 1.165) is 0 Å². The average molecular weight is 537 g/mol. The van der Waals surface area contributed by atoms with Crippen LogP contribution < -0.4 is 16.0 Å². The molecule has 1 aliphatic rings. The Morgan fingerprint density at radius 3 is 2.20 bits per heavy atom. The summed E-state index contributed by atoms with van der Waals surface area (Å²) in [6, 6.07) is -1.65. The van der Waals surface area contributed by atoms with Gasteiger partial charge in [-0.15, -0.1) is 22.7 Å². The molecule has 3 aromatic heterocycles. The maximum Gasteiger partial charge on any atom is 0.274 e. The first-order chi connectivity index (χ1) is 16.6. The van der Waals surface area contributed by atoms with Gasteiger partial charge in [0.15, 0.2) is 5.69 Å². The van der Waals surface area contributed by atoms with E-state index in [1.807, 2.05) is 0 Å². The van der Waals surface area contributed by atoms with Gasteiger partial charge in [0.1, 0.15) is 33.2 Å². The highest BCUT2D eigenvalue weighted by Gasteiger charge is 2.27. The molecular formula is C21H24N6O5S3. The van der Waals surface area contributed by atoms with Gasteiger partial charge in [-0.05, 0) is 27.2 Å². The number of fused-ring (bicyclic) bond motifs is 6. The van der Waals surface area contributed by atoms with Gasteiger partial charge in [-0.1, -0.05) is 0 Å². The minimum Gasteiger partial charge on any atom is -0.443 e. The molecule has 0 saturated heterocycles. The highest BCUT2D eigenvalue weighted by Crippen LogP contribution is 2.25. The average Bonchev–Trinajstić information content (AvgIpc) is 3.55. The van der Waals surface area contributed by atoms with Crippen molar-refractivity contribution in [3.63, 3.8) is 0 Å². The van der Waals surface area contributed by atoms with Gasteiger partial charge in [0.05, 0.1) is 12.1 Å². The largest absolute Gasteiger partial charge is 0.443 e. The van der Waals surface area contributed by atoms with Crippen molar-refractivity contribution in [3.8, 4) is 0 Å². The molecule has 186 valence electrons. The first-order valence-corrected chi connectivity index (χ1v) is 14.2. The van der Waals surface area contributed by atoms with Crippen LogP contribution >= 0.6 is 22.7 Å². The normalized spacial score (nSPS) is 21.9. The molecule has 0 saturated carbocycles. The summed E-state index contributed by atoms with van der Waals surface area (Å²) in [5.41, 5.74) is 0.467. The maximum atomic E-state index is 13.0. The molecule has 0 radical (unpaired) electrons. The topological polar surface area (TPSA) is 156 Å². The lowest BCUT2D eigenvalue weighted by molar-refractivity contribution is 0.0924. The van der Waals surface area contributed by atoms with E-state index >= 15 is 0 Å². The summed E-state index contributed by atoms with van der Waals surface area (Å²) in [6.07, 6.45) is 1.96. The third kappa shape index (κ3) is 5.65. The second-order valence-corrected chi connectivity index (χ2v) is 11.4. The number of hydrogen-bond acceptors (Lipinski definition) is 10. The number of aromatic nitrogens is 3. The van der Waals surface area contributed by atoms with Crippen molar-refractivity contribution in [1.82, 2.24) is 30.9 Å². The Bertz CT molecular complexity index is 1300. The maximum absolute atomic E-state index is 13.0. The molecule has 1 aliphatic heterocycles. The molecule has 0 aliphatic carbocycles. The van der Waals surface area contributed by atoms with Crippen LogP contribution in [0.25, 0.3) is 0 Å². The van der Waals surface area contributed by atoms with Crippen molar-refractivity contribution in [1.29, 1.82) is 0 Å². The summed E-state index contributed by atoms with van der Waals surface area (Å²) in [5, 5.41) is 12.8. The SMILES string of the molecule is Cc1oc2nc1C(=O)N[C@H](C)c1nc(cs1)C(=O)N[C@H](CCS(C)=O)c1nc(cs1)C(=O)N[C@H]2C. The predicted octanol–water partition coefficient (Wildman–Crippen LogP) is 2.43. The van der Waals surface area contributed by atoms with Crippen molar-refractivity contribution in [2.75, 3.05) is 12.0 Å². The zero-order valence-electron chi connectivity index (χ0n) is 19.4. The zero-order valence-corrected chi connectivity index (χ0v) is 21.9. The molecule has 1 unspecified atom stereocenters. The monoisotopic (exact) mass is 536 g/mol. The number of rotatable bonds is 3. The number of nitrogens with zero attached hydrogens (tertiary/aromatic N) is 3. The third-order valence-electron chi connectivity index (χ3n) is 5.27. The van der Waals surface area contributed by atoms with E-state index in [1.54, 1.807) is 37.8 Å². The van der Waals surface area contributed by atoms with Crippen LogP contribution in [0.4, 0.5) is 0 Å². The third-order valence-corrected chi connectivity index (χ3v) is 8.07. The highest BCUT2D eigenvalue weighted by atomic mass is 32.2. The minimum atomic E-state index is -1.07. The Morgan fingerprint density at radius 2 is 1.51 bits per heavy atom. The molecule has 3 amide bonds. The molecule has 35 heavy (non-hydrogen) atoms. The van der Waals surface area contributed by atoms with Gasteiger partial charge in [0.25, 0.3) is 17.7 Å². The Kier molecular flexibility index (Phi) is 7.42. The van der Waals surface area contributed by atoms with Crippen molar-refractivity contribution in [2.24, 2.45) is 0 Å². The summed E-state index contributed by atoms with van der Waals surface area (Å²) >= 11 is 2.47. The molecular weight excluding hydrogens is 512 g/mol. The summed E-state index contributed by atoms with van der Waals surface area (Å²) in [5.74, 6) is -0.481. The van der Waals surface area contributed by atoms with E-state index in [2.05, 4.69) is 30.9 Å². The number of nitrogens with one attached hydrogen (secondary N) is 3. The summed E-state index contributed by atoms with van der Waals surface area (Å²) < 4.78 is 17.4. The van der Waals surface area contributed by atoms with Crippen molar-refractivity contribution >= 4 is 51.2 Å². The molecule has 0 fully saturated rings. The molecule has 14 heteroatoms. The molecule has 3 N–H and O–H groups in total. The standard InChI is InChI=1S/C21H24N6O5S3/c1-9-19-27-15(11(3)32-19)18(30)23-10(2)20-25-14(7-33-20)17(29)24-12(5-6-35(4)31)21-26-13(8-34-21)16(28)22-9/h7-10,12H,5-6H2,1-4H3,(H,22,28)(H,23,30)(H,24,29)/t9-,10+,12+,35?/m0/s1. The minimum absolute atomic E-state index is 0.107. The Morgan fingerprint density at radius 1 is 0.914 bits per heavy atom. The highest BCUT2D eigenvalue weighted by molar-refractivity contribution is 7.84. The van der Waals surface area contributed by atoms with Crippen LogP contribution in [0.15, 0.2) is 15.2 Å². The van der Waals surface area contributed by atoms with E-state index in [1.165, 1.54) is 22.7 Å². The predicted molar refractivity (Wildman–Crippen MR) is 131 cm³/mol. The van der Waals surface area contributed by atoms with Gasteiger partial charge in [0, 0.05) is 33.6 Å². The van der Waals surface area contributed by atoms with Crippen LogP contribution in [0.3, 0.4) is 0 Å². The number of thiazole rings is 2. The van der Waals surface area contributed by atoms with Crippen LogP contribution in [-0.4, -0.2) is 48.9 Å². The van der Waals surface area contributed by atoms with E-state index < -0.39 is 46.6 Å². The first kappa shape index (κ1) is 25.1. The molecule has 0 spiro atoms. The number of aryl methyl sites for hydroxylation is 1. The fraction of sp³-hybridized carbons (Fsp3) is 0.429. The van der Waals surface area contributed by atoms with Crippen molar-refractivity contribution in [3.05, 3.63) is 49.5 Å². The molecule has 0 aromatic carbocycles. The van der Waals surface area contributed by atoms with E-state index in [0.29, 0.717) is 27.9 Å². The van der Waals surface area contributed by atoms with Gasteiger partial charge >= 0.3 is 0 Å². The lowest BCUT2D eigenvalue weighted by Gasteiger charge is -2.15. The first-order valence-electron chi connectivity index (χ1n) is 10.7. The Labute approximate surface area is 211 Å². The van der Waals surface area contributed by atoms with Gasteiger partial charge in [-0.2, -0.15) is 0 Å². The van der Waals surface area contributed by atoms with Crippen LogP contribution in [0.2, 0.25) is 0 Å². The summed E-state index contributed by atoms with van der Waals surface area (Å²) in [4.78, 5) is 51.7. The Hall–Kier alpha value is -2.97. The fourth-order valence-corrected chi connectivity index (χ4v) is 5.65. The number of amides is 3. The number of hydrogen-bond donors (Lipinski definition) is 3. The number of oxazole rings is 1. The number of carbonyl (C=O) groups is 3. The molecule has 11 nitrogen and oxygen atoms in total. The quantitative estimate of drug-likeness (QED) is 0.461. The van der Waals surface area contributed by atoms with E-state index in [4.69, 9.17) is 4.42 Å². The Balaban J connectivity index is 1.72. The summed E-state index contributed by atoms with van der Waals surface area (Å²) in [7, 11) is -1.07. The van der Waals surface area contributed by atoms with Crippen molar-refractivity contribution < 1.29 is 23.0 Å². The van der Waals surface area contributed by atoms with Gasteiger partial charge < -0.3 is 20.4 Å². The van der Waals surface area contributed by atoms with Crippen molar-refractivity contribution in [2.45, 2.75) is 45.3 Å². The molecule has 4 atom stereocenters. The summed E-state index contributed by atoms with van der Waals surface area (Å²) in [6.45, 7) is 5.07. The second-order valence-electron chi connectivity index (χ2n) is 8.08. The van der Waals surface area contributed by atoms with Crippen LogP contribution in [0, 0.1) is 6.92 Å². The molecule has 6 bridgehead atoms. The van der Waals surface area contributed by atoms with E-state index in [9.17, 15) is 18.6 Å². The van der Waals surface area contributed by atoms with Crippen LogP contribution in [0.5, 0.6) is 0 Å². The van der Waals surface area contributed by atoms with Crippen LogP contribution in [-0.2, 0) is 10.8 Å². The lowest BCUT2D eigenvalue weighted by atomic mass is 10.2. The lowest BCUT2D eigenvalue weighted by Crippen LogP contribution is -2.31. The molecule has 4 rings (SSSR count). The fourth-order valence-electron chi connectivity index (χ4n) is 3.39. The van der Waals surface area contributed by atoms with Crippen LogP contribution in [0.1, 0.15) is 91.5 Å². The van der Waals surface area contributed by atoms with Gasteiger partial charge in [-0.3, -0.25) is 18.6 Å². The molecule has 3 aromatic rings. The number of carbonyl (C=O) groups excluding carboxylic acids is 3. The smallest absolute Gasteiger partial charge is 0.274 e. The second kappa shape index (κ2) is 10.3. The zero-order chi connectivity index (χ0) is 25.3. The van der Waals surface area contributed by atoms with Gasteiger partial charge in [-0.25, -0.2) is 15.0 Å². The molecule has 4 heterocycles. The van der Waals surface area contributed by atoms with Gasteiger partial charge in [0.2, 0.25) is 5.89 Å². The van der Waals surface area contributed by atoms with E-state index in [-0.39, 0.29) is 23.0 Å².